The van der Waals surface area contributed by atoms with Crippen LogP contribution in [-0.2, 0) is 4.79 Å². The van der Waals surface area contributed by atoms with Gasteiger partial charge in [0.1, 0.15) is 0 Å². The number of thioether (sulfide) groups is 1. The van der Waals surface area contributed by atoms with Crippen LogP contribution in [0.15, 0.2) is 34.5 Å². The van der Waals surface area contributed by atoms with Crippen LogP contribution in [0.1, 0.15) is 36.9 Å². The fourth-order valence-electron chi connectivity index (χ4n) is 2.24. The molecule has 1 N–H and O–H groups in total. The van der Waals surface area contributed by atoms with E-state index in [-0.39, 0.29) is 11.8 Å². The summed E-state index contributed by atoms with van der Waals surface area (Å²) in [4.78, 5) is 17.0. The Bertz CT molecular complexity index is 596. The molecule has 1 aromatic heterocycles. The van der Waals surface area contributed by atoms with Gasteiger partial charge in [-0.25, -0.2) is 4.98 Å². The maximum Gasteiger partial charge on any atom is 0.233 e. The molecule has 0 saturated carbocycles. The second kappa shape index (κ2) is 7.61. The van der Waals surface area contributed by atoms with Gasteiger partial charge in [-0.15, -0.1) is 11.8 Å². The maximum absolute atomic E-state index is 12.6. The average Bonchev–Trinajstić information content (AvgIpc) is 2.85. The lowest BCUT2D eigenvalue weighted by molar-refractivity contribution is -0.117. The van der Waals surface area contributed by atoms with Crippen molar-refractivity contribution in [3.8, 4) is 0 Å². The summed E-state index contributed by atoms with van der Waals surface area (Å²) in [6, 6.07) is 9.95. The number of nitrogens with zero attached hydrogens (tertiary/aromatic N) is 1. The van der Waals surface area contributed by atoms with Crippen LogP contribution in [0, 0.1) is 6.92 Å². The third-order valence-corrected chi connectivity index (χ3v) is 5.55. The summed E-state index contributed by atoms with van der Waals surface area (Å²) in [7, 11) is 0. The third kappa shape index (κ3) is 4.08. The van der Waals surface area contributed by atoms with E-state index >= 15 is 0 Å². The first-order chi connectivity index (χ1) is 10.2. The van der Waals surface area contributed by atoms with E-state index in [0.29, 0.717) is 5.13 Å². The van der Waals surface area contributed by atoms with Gasteiger partial charge < -0.3 is 5.32 Å². The fraction of sp³-hybridized carbons (Fsp3) is 0.375. The Kier molecular flexibility index (Phi) is 5.82. The standard InChI is InChI=1S/C16H20N2OS2/c1-4-8-13(12-9-6-5-7-10-12)14(19)18-16-17-11(2)15(20-3)21-16/h5-7,9-10,13H,4,8H2,1-3H3,(H,17,18,19). The molecule has 1 aromatic carbocycles. The minimum absolute atomic E-state index is 0.0319. The van der Waals surface area contributed by atoms with Crippen molar-refractivity contribution in [1.29, 1.82) is 0 Å². The largest absolute Gasteiger partial charge is 0.301 e. The topological polar surface area (TPSA) is 42.0 Å². The van der Waals surface area contributed by atoms with Crippen LogP contribution in [0.25, 0.3) is 0 Å². The summed E-state index contributed by atoms with van der Waals surface area (Å²) in [6.45, 7) is 4.07. The first kappa shape index (κ1) is 16.0. The quantitative estimate of drug-likeness (QED) is 0.785. The number of aryl methyl sites for hydroxylation is 1. The van der Waals surface area contributed by atoms with E-state index in [0.717, 1.165) is 28.3 Å². The van der Waals surface area contributed by atoms with Crippen LogP contribution < -0.4 is 5.32 Å². The lowest BCUT2D eigenvalue weighted by Gasteiger charge is -2.15. The molecule has 5 heteroatoms. The summed E-state index contributed by atoms with van der Waals surface area (Å²) < 4.78 is 1.15. The van der Waals surface area contributed by atoms with Crippen LogP contribution in [-0.4, -0.2) is 17.1 Å². The van der Waals surface area contributed by atoms with Gasteiger partial charge in [0.15, 0.2) is 5.13 Å². The SMILES string of the molecule is CCCC(C(=O)Nc1nc(C)c(SC)s1)c1ccccc1. The molecule has 0 aliphatic heterocycles. The summed E-state index contributed by atoms with van der Waals surface area (Å²) in [5.41, 5.74) is 2.05. The molecule has 112 valence electrons. The molecule has 0 aliphatic rings. The summed E-state index contributed by atoms with van der Waals surface area (Å²) >= 11 is 3.20. The smallest absolute Gasteiger partial charge is 0.233 e. The first-order valence-electron chi connectivity index (χ1n) is 7.03. The summed E-state index contributed by atoms with van der Waals surface area (Å²) in [6.07, 6.45) is 3.84. The fourth-order valence-corrected chi connectivity index (χ4v) is 3.86. The molecule has 1 amide bonds. The highest BCUT2D eigenvalue weighted by Crippen LogP contribution is 2.31. The number of nitrogens with one attached hydrogen (secondary N) is 1. The van der Waals surface area contributed by atoms with Crippen LogP contribution >= 0.6 is 23.1 Å². The number of anilines is 1. The Balaban J connectivity index is 2.15. The number of aromatic nitrogens is 1. The van der Waals surface area contributed by atoms with Crippen molar-refractivity contribution in [2.45, 2.75) is 36.8 Å². The van der Waals surface area contributed by atoms with Crippen molar-refractivity contribution in [1.82, 2.24) is 4.98 Å². The molecule has 0 fully saturated rings. The monoisotopic (exact) mass is 320 g/mol. The van der Waals surface area contributed by atoms with Gasteiger partial charge in [0.25, 0.3) is 0 Å². The van der Waals surface area contributed by atoms with Gasteiger partial charge >= 0.3 is 0 Å². The lowest BCUT2D eigenvalue weighted by Crippen LogP contribution is -2.21. The normalized spacial score (nSPS) is 12.1. The molecule has 0 bridgehead atoms. The van der Waals surface area contributed by atoms with Gasteiger partial charge in [0, 0.05) is 0 Å². The molecule has 0 saturated heterocycles. The van der Waals surface area contributed by atoms with Crippen molar-refractivity contribution in [2.75, 3.05) is 11.6 Å². The number of carbonyl (C=O) groups is 1. The zero-order chi connectivity index (χ0) is 15.2. The minimum Gasteiger partial charge on any atom is -0.301 e. The van der Waals surface area contributed by atoms with Crippen molar-refractivity contribution in [3.05, 3.63) is 41.6 Å². The molecule has 1 atom stereocenters. The molecule has 21 heavy (non-hydrogen) atoms. The number of carbonyl (C=O) groups excluding carboxylic acids is 1. The summed E-state index contributed by atoms with van der Waals surface area (Å²) in [5.74, 6) is -0.0809. The van der Waals surface area contributed by atoms with Crippen molar-refractivity contribution >= 4 is 34.1 Å². The van der Waals surface area contributed by atoms with E-state index in [1.54, 1.807) is 11.8 Å². The van der Waals surface area contributed by atoms with Gasteiger partial charge in [-0.2, -0.15) is 0 Å². The van der Waals surface area contributed by atoms with Gasteiger partial charge in [-0.1, -0.05) is 55.0 Å². The minimum atomic E-state index is -0.113. The Morgan fingerprint density at radius 2 is 2.10 bits per heavy atom. The maximum atomic E-state index is 12.6. The molecule has 0 radical (unpaired) electrons. The molecular weight excluding hydrogens is 300 g/mol. The zero-order valence-electron chi connectivity index (χ0n) is 12.6. The van der Waals surface area contributed by atoms with E-state index in [4.69, 9.17) is 0 Å². The molecule has 1 heterocycles. The number of thiazole rings is 1. The predicted octanol–water partition coefficient (Wildman–Crippen LogP) is 4.70. The number of hydrogen-bond donors (Lipinski definition) is 1. The second-order valence-electron chi connectivity index (χ2n) is 4.84. The van der Waals surface area contributed by atoms with Gasteiger partial charge in [0.2, 0.25) is 5.91 Å². The van der Waals surface area contributed by atoms with E-state index in [1.807, 2.05) is 43.5 Å². The second-order valence-corrected chi connectivity index (χ2v) is 6.91. The van der Waals surface area contributed by atoms with Gasteiger partial charge in [0.05, 0.1) is 15.8 Å². The molecule has 2 rings (SSSR count). The Hall–Kier alpha value is -1.33. The van der Waals surface area contributed by atoms with Gasteiger partial charge in [-0.05, 0) is 25.2 Å². The molecule has 3 nitrogen and oxygen atoms in total. The first-order valence-corrected chi connectivity index (χ1v) is 9.07. The predicted molar refractivity (Wildman–Crippen MR) is 91.4 cm³/mol. The molecule has 2 aromatic rings. The van der Waals surface area contributed by atoms with E-state index in [9.17, 15) is 4.79 Å². The van der Waals surface area contributed by atoms with E-state index < -0.39 is 0 Å². The van der Waals surface area contributed by atoms with Crippen molar-refractivity contribution < 1.29 is 4.79 Å². The van der Waals surface area contributed by atoms with Crippen LogP contribution in [0.3, 0.4) is 0 Å². The highest BCUT2D eigenvalue weighted by Gasteiger charge is 2.21. The number of benzene rings is 1. The Labute approximate surface area is 134 Å². The van der Waals surface area contributed by atoms with Crippen LogP contribution in [0.2, 0.25) is 0 Å². The van der Waals surface area contributed by atoms with Crippen molar-refractivity contribution in [3.63, 3.8) is 0 Å². The van der Waals surface area contributed by atoms with Crippen molar-refractivity contribution in [2.24, 2.45) is 0 Å². The summed E-state index contributed by atoms with van der Waals surface area (Å²) in [5, 5.41) is 3.67. The highest BCUT2D eigenvalue weighted by molar-refractivity contribution is 8.00. The Morgan fingerprint density at radius 3 is 2.67 bits per heavy atom. The van der Waals surface area contributed by atoms with E-state index in [1.165, 1.54) is 11.3 Å². The zero-order valence-corrected chi connectivity index (χ0v) is 14.2. The average molecular weight is 320 g/mol. The van der Waals surface area contributed by atoms with Gasteiger partial charge in [-0.3, -0.25) is 4.79 Å². The molecule has 1 unspecified atom stereocenters. The molecule has 0 aliphatic carbocycles. The molecule has 0 spiro atoms. The van der Waals surface area contributed by atoms with Crippen LogP contribution in [0.4, 0.5) is 5.13 Å². The Morgan fingerprint density at radius 1 is 1.38 bits per heavy atom. The van der Waals surface area contributed by atoms with E-state index in [2.05, 4.69) is 17.2 Å². The molecular formula is C16H20N2OS2. The number of rotatable bonds is 6. The third-order valence-electron chi connectivity index (χ3n) is 3.27. The highest BCUT2D eigenvalue weighted by atomic mass is 32.2. The van der Waals surface area contributed by atoms with Crippen LogP contribution in [0.5, 0.6) is 0 Å². The number of amides is 1. The lowest BCUT2D eigenvalue weighted by atomic mass is 9.94. The number of hydrogen-bond acceptors (Lipinski definition) is 4.